The van der Waals surface area contributed by atoms with E-state index in [0.717, 1.165) is 28.5 Å². The Hall–Kier alpha value is -3.22. The van der Waals surface area contributed by atoms with Crippen molar-refractivity contribution in [1.29, 1.82) is 0 Å². The minimum absolute atomic E-state index is 0.0845. The molecule has 3 N–H and O–H groups in total. The molecule has 0 spiro atoms. The number of H-pyrrole nitrogens is 2. The Morgan fingerprint density at radius 1 is 1.21 bits per heavy atom. The van der Waals surface area contributed by atoms with E-state index in [1.54, 1.807) is 0 Å². The Morgan fingerprint density at radius 2 is 2.12 bits per heavy atom. The molecule has 2 heterocycles. The van der Waals surface area contributed by atoms with Gasteiger partial charge in [0.1, 0.15) is 0 Å². The van der Waals surface area contributed by atoms with E-state index in [0.29, 0.717) is 5.82 Å². The first-order valence-corrected chi connectivity index (χ1v) is 7.80. The highest BCUT2D eigenvalue weighted by atomic mass is 16.1. The number of fused-ring (bicyclic) bond motifs is 3. The predicted molar refractivity (Wildman–Crippen MR) is 91.7 cm³/mol. The molecule has 0 saturated heterocycles. The second kappa shape index (κ2) is 5.77. The van der Waals surface area contributed by atoms with Crippen LogP contribution in [0.15, 0.2) is 36.4 Å². The molecule has 2 aromatic carbocycles. The predicted octanol–water partition coefficient (Wildman–Crippen LogP) is 2.58. The lowest BCUT2D eigenvalue weighted by molar-refractivity contribution is -0.115. The fourth-order valence-electron chi connectivity index (χ4n) is 2.97. The third kappa shape index (κ3) is 2.50. The van der Waals surface area contributed by atoms with Crippen LogP contribution in [0, 0.1) is 0 Å². The van der Waals surface area contributed by atoms with Gasteiger partial charge in [-0.15, -0.1) is 10.2 Å². The number of hydrogen-bond donors (Lipinski definition) is 3. The molecular weight excluding hydrogens is 304 g/mol. The Labute approximate surface area is 137 Å². The number of carbonyl (C=O) groups is 1. The highest BCUT2D eigenvalue weighted by Gasteiger charge is 2.10. The molecule has 120 valence electrons. The molecule has 0 saturated carbocycles. The van der Waals surface area contributed by atoms with E-state index >= 15 is 0 Å². The number of aromatic nitrogens is 5. The minimum atomic E-state index is -0.180. The summed E-state index contributed by atoms with van der Waals surface area (Å²) in [6.45, 7) is 2.14. The summed E-state index contributed by atoms with van der Waals surface area (Å²) in [5.74, 6) is 0.188. The largest absolute Gasteiger partial charge is 0.354 e. The number of aromatic amines is 2. The Morgan fingerprint density at radius 3 is 2.92 bits per heavy atom. The normalized spacial score (nSPS) is 11.2. The Balaban J connectivity index is 1.65. The third-order valence-corrected chi connectivity index (χ3v) is 4.09. The van der Waals surface area contributed by atoms with Crippen molar-refractivity contribution in [2.45, 2.75) is 19.8 Å². The molecule has 0 aliphatic rings. The molecular formula is C17H16N6O. The van der Waals surface area contributed by atoms with E-state index in [1.165, 1.54) is 10.9 Å². The van der Waals surface area contributed by atoms with Gasteiger partial charge in [0.05, 0.1) is 6.42 Å². The van der Waals surface area contributed by atoms with Crippen molar-refractivity contribution in [3.63, 3.8) is 0 Å². The maximum absolute atomic E-state index is 12.0. The van der Waals surface area contributed by atoms with Crippen molar-refractivity contribution in [3.05, 3.63) is 47.8 Å². The number of benzene rings is 2. The van der Waals surface area contributed by atoms with Crippen molar-refractivity contribution in [2.75, 3.05) is 5.32 Å². The lowest BCUT2D eigenvalue weighted by Crippen LogP contribution is -2.15. The summed E-state index contributed by atoms with van der Waals surface area (Å²) < 4.78 is 0. The summed E-state index contributed by atoms with van der Waals surface area (Å²) >= 11 is 0. The first-order valence-electron chi connectivity index (χ1n) is 7.80. The molecule has 24 heavy (non-hydrogen) atoms. The van der Waals surface area contributed by atoms with Crippen LogP contribution < -0.4 is 5.32 Å². The van der Waals surface area contributed by atoms with Gasteiger partial charge in [0.2, 0.25) is 5.91 Å². The van der Waals surface area contributed by atoms with E-state index in [2.05, 4.69) is 56.0 Å². The molecule has 0 fully saturated rings. The topological polar surface area (TPSA) is 99.4 Å². The van der Waals surface area contributed by atoms with Crippen LogP contribution in [-0.2, 0) is 17.6 Å². The summed E-state index contributed by atoms with van der Waals surface area (Å²) in [5, 5.41) is 18.6. The molecule has 7 heteroatoms. The maximum atomic E-state index is 12.0. The summed E-state index contributed by atoms with van der Waals surface area (Å²) in [4.78, 5) is 15.5. The number of nitrogens with one attached hydrogen (secondary N) is 3. The molecule has 0 radical (unpaired) electrons. The monoisotopic (exact) mass is 320 g/mol. The molecule has 0 unspecified atom stereocenters. The molecule has 0 bridgehead atoms. The van der Waals surface area contributed by atoms with Crippen LogP contribution in [-0.4, -0.2) is 31.5 Å². The van der Waals surface area contributed by atoms with Crippen molar-refractivity contribution in [1.82, 2.24) is 25.6 Å². The van der Waals surface area contributed by atoms with E-state index in [1.807, 2.05) is 18.2 Å². The molecule has 0 aliphatic heterocycles. The maximum Gasteiger partial charge on any atom is 0.232 e. The number of anilines is 1. The highest BCUT2D eigenvalue weighted by Crippen LogP contribution is 2.29. The summed E-state index contributed by atoms with van der Waals surface area (Å²) in [5.41, 5.74) is 4.18. The van der Waals surface area contributed by atoms with Gasteiger partial charge in [-0.05, 0) is 24.1 Å². The number of carbonyl (C=O) groups excluding carboxylic acids is 1. The van der Waals surface area contributed by atoms with Gasteiger partial charge in [0, 0.05) is 27.5 Å². The van der Waals surface area contributed by atoms with Crippen LogP contribution in [0.3, 0.4) is 0 Å². The lowest BCUT2D eigenvalue weighted by Gasteiger charge is -2.03. The van der Waals surface area contributed by atoms with Crippen LogP contribution >= 0.6 is 0 Å². The SMILES string of the molecule is CCc1cccc2c1[nH]c1cc(NC(=O)Cc3nn[nH]n3)ccc12. The lowest BCUT2D eigenvalue weighted by atomic mass is 10.1. The minimum Gasteiger partial charge on any atom is -0.354 e. The van der Waals surface area contributed by atoms with Gasteiger partial charge in [-0.25, -0.2) is 0 Å². The molecule has 0 atom stereocenters. The van der Waals surface area contributed by atoms with Crippen molar-refractivity contribution < 1.29 is 4.79 Å². The molecule has 0 aliphatic carbocycles. The van der Waals surface area contributed by atoms with E-state index in [-0.39, 0.29) is 12.3 Å². The van der Waals surface area contributed by atoms with Crippen LogP contribution in [0.1, 0.15) is 18.3 Å². The van der Waals surface area contributed by atoms with Crippen molar-refractivity contribution >= 4 is 33.4 Å². The second-order valence-electron chi connectivity index (χ2n) is 5.63. The Kier molecular flexibility index (Phi) is 3.45. The van der Waals surface area contributed by atoms with Crippen LogP contribution in [0.25, 0.3) is 21.8 Å². The van der Waals surface area contributed by atoms with E-state index in [9.17, 15) is 4.79 Å². The zero-order valence-electron chi connectivity index (χ0n) is 13.1. The number of aryl methyl sites for hydroxylation is 1. The first-order chi connectivity index (χ1) is 11.7. The number of nitrogens with zero attached hydrogens (tertiary/aromatic N) is 3. The van der Waals surface area contributed by atoms with Gasteiger partial charge in [-0.3, -0.25) is 4.79 Å². The van der Waals surface area contributed by atoms with Gasteiger partial charge < -0.3 is 10.3 Å². The van der Waals surface area contributed by atoms with Crippen LogP contribution in [0.5, 0.6) is 0 Å². The smallest absolute Gasteiger partial charge is 0.232 e. The molecule has 1 amide bonds. The number of para-hydroxylation sites is 1. The van der Waals surface area contributed by atoms with Crippen LogP contribution in [0.4, 0.5) is 5.69 Å². The van der Waals surface area contributed by atoms with E-state index in [4.69, 9.17) is 0 Å². The zero-order valence-corrected chi connectivity index (χ0v) is 13.1. The van der Waals surface area contributed by atoms with Crippen molar-refractivity contribution in [3.8, 4) is 0 Å². The van der Waals surface area contributed by atoms with Gasteiger partial charge in [0.15, 0.2) is 5.82 Å². The summed E-state index contributed by atoms with van der Waals surface area (Å²) in [6, 6.07) is 12.2. The summed E-state index contributed by atoms with van der Waals surface area (Å²) in [6.07, 6.45) is 1.06. The fourth-order valence-corrected chi connectivity index (χ4v) is 2.97. The second-order valence-corrected chi connectivity index (χ2v) is 5.63. The molecule has 4 rings (SSSR count). The molecule has 7 nitrogen and oxygen atoms in total. The summed E-state index contributed by atoms with van der Waals surface area (Å²) in [7, 11) is 0. The van der Waals surface area contributed by atoms with Crippen molar-refractivity contribution in [2.24, 2.45) is 0 Å². The quantitative estimate of drug-likeness (QED) is 0.538. The Bertz CT molecular complexity index is 1020. The zero-order chi connectivity index (χ0) is 16.5. The number of hydrogen-bond acceptors (Lipinski definition) is 4. The molecule has 2 aromatic heterocycles. The number of amides is 1. The standard InChI is InChI=1S/C17H16N6O/c1-2-10-4-3-5-13-12-7-6-11(8-14(12)19-17(10)13)18-16(24)9-15-20-22-23-21-15/h3-8,19H,2,9H2,1H3,(H,18,24)(H,20,21,22,23). The highest BCUT2D eigenvalue weighted by molar-refractivity contribution is 6.09. The number of tetrazole rings is 1. The molecule has 4 aromatic rings. The third-order valence-electron chi connectivity index (χ3n) is 4.09. The fraction of sp³-hybridized carbons (Fsp3) is 0.176. The van der Waals surface area contributed by atoms with Gasteiger partial charge in [-0.2, -0.15) is 5.21 Å². The van der Waals surface area contributed by atoms with Gasteiger partial charge >= 0.3 is 0 Å². The average Bonchev–Trinajstić information content (AvgIpc) is 3.21. The number of rotatable bonds is 4. The van der Waals surface area contributed by atoms with E-state index < -0.39 is 0 Å². The average molecular weight is 320 g/mol. The van der Waals surface area contributed by atoms with Gasteiger partial charge in [-0.1, -0.05) is 36.4 Å². The van der Waals surface area contributed by atoms with Gasteiger partial charge in [0.25, 0.3) is 0 Å². The first kappa shape index (κ1) is 14.4. The van der Waals surface area contributed by atoms with Crippen LogP contribution in [0.2, 0.25) is 0 Å².